The Labute approximate surface area is 121 Å². The summed E-state index contributed by atoms with van der Waals surface area (Å²) in [4.78, 5) is 11.7. The molecule has 0 saturated heterocycles. The van der Waals surface area contributed by atoms with E-state index in [-0.39, 0.29) is 17.5 Å². The lowest BCUT2D eigenvalue weighted by Crippen LogP contribution is -2.30. The van der Waals surface area contributed by atoms with Crippen molar-refractivity contribution in [1.29, 1.82) is 0 Å². The number of nitrogens with one attached hydrogen (secondary N) is 1. The summed E-state index contributed by atoms with van der Waals surface area (Å²) in [6.07, 6.45) is 3.01. The number of fused-ring (bicyclic) bond motifs is 1. The van der Waals surface area contributed by atoms with Crippen LogP contribution in [0.15, 0.2) is 18.2 Å². The van der Waals surface area contributed by atoms with E-state index >= 15 is 0 Å². The van der Waals surface area contributed by atoms with E-state index in [9.17, 15) is 4.79 Å². The molecule has 104 valence electrons. The maximum Gasteiger partial charge on any atom is 0.234 e. The second-order valence-corrected chi connectivity index (χ2v) is 5.62. The summed E-state index contributed by atoms with van der Waals surface area (Å²) in [6.45, 7) is 2.89. The number of benzene rings is 1. The highest BCUT2D eigenvalue weighted by Gasteiger charge is 2.15. The Morgan fingerprint density at radius 3 is 3.00 bits per heavy atom. The summed E-state index contributed by atoms with van der Waals surface area (Å²) < 4.78 is 10.5. The fourth-order valence-electron chi connectivity index (χ4n) is 1.87. The van der Waals surface area contributed by atoms with Crippen molar-refractivity contribution in [2.24, 2.45) is 0 Å². The molecule has 5 heteroatoms. The number of unbranched alkanes of at least 4 members (excludes halogenated alkanes) is 1. The summed E-state index contributed by atoms with van der Waals surface area (Å²) in [6, 6.07) is 5.70. The van der Waals surface area contributed by atoms with E-state index in [4.69, 9.17) is 9.47 Å². The number of alkyl halides is 1. The Kier molecular flexibility index (Phi) is 5.07. The average molecular weight is 328 g/mol. The summed E-state index contributed by atoms with van der Waals surface area (Å²) in [7, 11) is 0. The minimum absolute atomic E-state index is 0.0334. The summed E-state index contributed by atoms with van der Waals surface area (Å²) >= 11 is 3.41. The van der Waals surface area contributed by atoms with Gasteiger partial charge in [-0.2, -0.15) is 0 Å². The molecule has 1 unspecified atom stereocenters. The number of halogens is 1. The maximum absolute atomic E-state index is 11.8. The molecule has 1 aliphatic heterocycles. The second kappa shape index (κ2) is 6.80. The van der Waals surface area contributed by atoms with Crippen LogP contribution in [0.2, 0.25) is 0 Å². The normalized spacial score (nSPS) is 14.2. The zero-order valence-corrected chi connectivity index (χ0v) is 12.5. The molecule has 1 aliphatic rings. The maximum atomic E-state index is 11.8. The second-order valence-electron chi connectivity index (χ2n) is 4.52. The van der Waals surface area contributed by atoms with Crippen molar-refractivity contribution in [3.63, 3.8) is 0 Å². The number of hydrogen-bond donors (Lipinski definition) is 1. The smallest absolute Gasteiger partial charge is 0.234 e. The summed E-state index contributed by atoms with van der Waals surface area (Å²) in [5.41, 5.74) is 1.01. The van der Waals surface area contributed by atoms with Gasteiger partial charge >= 0.3 is 0 Å². The van der Waals surface area contributed by atoms with Crippen LogP contribution < -0.4 is 14.8 Å². The van der Waals surface area contributed by atoms with Crippen LogP contribution in [0.5, 0.6) is 11.5 Å². The van der Waals surface area contributed by atoms with Crippen LogP contribution in [-0.2, 0) is 11.3 Å². The van der Waals surface area contributed by atoms with E-state index in [2.05, 4.69) is 28.2 Å². The zero-order valence-electron chi connectivity index (χ0n) is 10.9. The first-order valence-electron chi connectivity index (χ1n) is 6.51. The van der Waals surface area contributed by atoms with Gasteiger partial charge in [0.15, 0.2) is 11.5 Å². The van der Waals surface area contributed by atoms with Crippen molar-refractivity contribution in [2.75, 3.05) is 6.79 Å². The van der Waals surface area contributed by atoms with Gasteiger partial charge in [-0.25, -0.2) is 0 Å². The largest absolute Gasteiger partial charge is 0.454 e. The fourth-order valence-corrected chi connectivity index (χ4v) is 2.35. The van der Waals surface area contributed by atoms with Crippen LogP contribution in [0, 0.1) is 0 Å². The topological polar surface area (TPSA) is 47.6 Å². The molecule has 1 atom stereocenters. The number of amides is 1. The third kappa shape index (κ3) is 3.86. The molecule has 1 aromatic carbocycles. The third-order valence-corrected chi connectivity index (χ3v) is 3.87. The van der Waals surface area contributed by atoms with E-state index in [0.717, 1.165) is 36.3 Å². The highest BCUT2D eigenvalue weighted by atomic mass is 79.9. The van der Waals surface area contributed by atoms with Gasteiger partial charge in [0.05, 0.1) is 4.83 Å². The number of carbonyl (C=O) groups is 1. The van der Waals surface area contributed by atoms with Crippen LogP contribution in [0.1, 0.15) is 31.7 Å². The quantitative estimate of drug-likeness (QED) is 0.817. The summed E-state index contributed by atoms with van der Waals surface area (Å²) in [5, 5.41) is 2.92. The van der Waals surface area contributed by atoms with E-state index in [1.807, 2.05) is 18.2 Å². The minimum atomic E-state index is -0.110. The van der Waals surface area contributed by atoms with E-state index < -0.39 is 0 Å². The van der Waals surface area contributed by atoms with Crippen LogP contribution in [0.25, 0.3) is 0 Å². The number of ether oxygens (including phenoxy) is 2. The molecule has 0 bridgehead atoms. The van der Waals surface area contributed by atoms with Crippen LogP contribution >= 0.6 is 15.9 Å². The molecular formula is C14H18BrNO3. The van der Waals surface area contributed by atoms with Gasteiger partial charge in [-0.3, -0.25) is 4.79 Å². The molecule has 1 amide bonds. The lowest BCUT2D eigenvalue weighted by Gasteiger charge is -2.10. The Morgan fingerprint density at radius 2 is 2.21 bits per heavy atom. The van der Waals surface area contributed by atoms with Crippen molar-refractivity contribution in [2.45, 2.75) is 37.6 Å². The molecule has 0 aliphatic carbocycles. The Balaban J connectivity index is 1.83. The summed E-state index contributed by atoms with van der Waals surface area (Å²) in [5.74, 6) is 1.54. The molecule has 2 rings (SSSR count). The van der Waals surface area contributed by atoms with Crippen molar-refractivity contribution in [1.82, 2.24) is 5.32 Å². The standard InChI is InChI=1S/C14H18BrNO3/c1-2-3-4-11(15)14(17)16-8-10-5-6-12-13(7-10)19-9-18-12/h5-7,11H,2-4,8-9H2,1H3,(H,16,17). The van der Waals surface area contributed by atoms with Crippen molar-refractivity contribution in [3.8, 4) is 11.5 Å². The highest BCUT2D eigenvalue weighted by molar-refractivity contribution is 9.10. The number of rotatable bonds is 6. The number of hydrogen-bond acceptors (Lipinski definition) is 3. The van der Waals surface area contributed by atoms with Gasteiger partial charge in [-0.05, 0) is 24.1 Å². The number of carbonyl (C=O) groups excluding carboxylic acids is 1. The van der Waals surface area contributed by atoms with Crippen molar-refractivity contribution < 1.29 is 14.3 Å². The molecule has 0 radical (unpaired) electrons. The monoisotopic (exact) mass is 327 g/mol. The van der Waals surface area contributed by atoms with E-state index in [0.29, 0.717) is 6.54 Å². The first kappa shape index (κ1) is 14.2. The predicted octanol–water partition coefficient (Wildman–Crippen LogP) is 2.99. The third-order valence-electron chi connectivity index (χ3n) is 3.00. The molecule has 1 aromatic rings. The molecule has 0 saturated carbocycles. The molecule has 0 fully saturated rings. The minimum Gasteiger partial charge on any atom is -0.454 e. The zero-order chi connectivity index (χ0) is 13.7. The van der Waals surface area contributed by atoms with Gasteiger partial charge < -0.3 is 14.8 Å². The van der Waals surface area contributed by atoms with Gasteiger partial charge in [0.25, 0.3) is 0 Å². The highest BCUT2D eigenvalue weighted by Crippen LogP contribution is 2.32. The first-order valence-corrected chi connectivity index (χ1v) is 7.42. The molecule has 0 spiro atoms. The van der Waals surface area contributed by atoms with Gasteiger partial charge in [0, 0.05) is 6.54 Å². The Hall–Kier alpha value is -1.23. The molecule has 1 heterocycles. The average Bonchev–Trinajstić information content (AvgIpc) is 2.89. The lowest BCUT2D eigenvalue weighted by atomic mass is 10.1. The predicted molar refractivity (Wildman–Crippen MR) is 76.7 cm³/mol. The van der Waals surface area contributed by atoms with Gasteiger partial charge in [-0.15, -0.1) is 0 Å². The van der Waals surface area contributed by atoms with Gasteiger partial charge in [0.2, 0.25) is 12.7 Å². The van der Waals surface area contributed by atoms with Crippen LogP contribution in [-0.4, -0.2) is 17.5 Å². The van der Waals surface area contributed by atoms with E-state index in [1.165, 1.54) is 0 Å². The molecule has 19 heavy (non-hydrogen) atoms. The van der Waals surface area contributed by atoms with Gasteiger partial charge in [-0.1, -0.05) is 41.8 Å². The molecular weight excluding hydrogens is 310 g/mol. The van der Waals surface area contributed by atoms with Crippen molar-refractivity contribution in [3.05, 3.63) is 23.8 Å². The first-order chi connectivity index (χ1) is 9.20. The lowest BCUT2D eigenvalue weighted by molar-refractivity contribution is -0.120. The van der Waals surface area contributed by atoms with Gasteiger partial charge in [0.1, 0.15) is 0 Å². The fraction of sp³-hybridized carbons (Fsp3) is 0.500. The Morgan fingerprint density at radius 1 is 1.42 bits per heavy atom. The van der Waals surface area contributed by atoms with E-state index in [1.54, 1.807) is 0 Å². The molecule has 4 nitrogen and oxygen atoms in total. The van der Waals surface area contributed by atoms with Crippen molar-refractivity contribution >= 4 is 21.8 Å². The SMILES string of the molecule is CCCCC(Br)C(=O)NCc1ccc2c(c1)OCO2. The van der Waals surface area contributed by atoms with Crippen LogP contribution in [0.4, 0.5) is 0 Å². The molecule has 0 aromatic heterocycles. The Bertz CT molecular complexity index is 450. The molecule has 1 N–H and O–H groups in total. The van der Waals surface area contributed by atoms with Crippen LogP contribution in [0.3, 0.4) is 0 Å².